The van der Waals surface area contributed by atoms with Crippen molar-refractivity contribution in [3.63, 3.8) is 0 Å². The average molecular weight is 761 g/mol. The Morgan fingerprint density at radius 1 is 0.500 bits per heavy atom. The summed E-state index contributed by atoms with van der Waals surface area (Å²) in [4.78, 5) is 0. The first-order chi connectivity index (χ1) is 23.7. The van der Waals surface area contributed by atoms with Crippen LogP contribution in [0.3, 0.4) is 0 Å². The minimum Gasteiger partial charge on any atom is -0.126 e. The zero-order valence-corrected chi connectivity index (χ0v) is 31.4. The maximum atomic E-state index is 2.99. The van der Waals surface area contributed by atoms with E-state index in [4.69, 9.17) is 0 Å². The van der Waals surface area contributed by atoms with Crippen LogP contribution in [0.15, 0.2) is 182 Å². The zero-order valence-electron chi connectivity index (χ0n) is 27.3. The second kappa shape index (κ2) is 16.0. The third kappa shape index (κ3) is 7.05. The topological polar surface area (TPSA) is 0 Å². The van der Waals surface area contributed by atoms with Crippen LogP contribution < -0.4 is 0 Å². The summed E-state index contributed by atoms with van der Waals surface area (Å²) in [5.74, 6) is 0. The largest absolute Gasteiger partial charge is 0.126 e. The van der Waals surface area contributed by atoms with Crippen molar-refractivity contribution in [1.82, 2.24) is 0 Å². The minimum atomic E-state index is 0. The van der Waals surface area contributed by atoms with Crippen LogP contribution >= 0.6 is 24.8 Å². The molecular weight excluding hydrogens is 727 g/mol. The van der Waals surface area contributed by atoms with Gasteiger partial charge in [0.15, 0.2) is 0 Å². The van der Waals surface area contributed by atoms with E-state index in [2.05, 4.69) is 176 Å². The summed E-state index contributed by atoms with van der Waals surface area (Å²) in [6.07, 6.45) is 10.0. The van der Waals surface area contributed by atoms with Gasteiger partial charge in [0, 0.05) is 0 Å². The number of allylic oxidation sites excluding steroid dienone is 4. The summed E-state index contributed by atoms with van der Waals surface area (Å²) >= 11 is 1.44. The van der Waals surface area contributed by atoms with Gasteiger partial charge in [-0.25, -0.2) is 12.2 Å². The Balaban J connectivity index is 0.000000147. The molecule has 1 aliphatic carbocycles. The van der Waals surface area contributed by atoms with Crippen molar-refractivity contribution in [2.24, 2.45) is 0 Å². The van der Waals surface area contributed by atoms with Crippen molar-refractivity contribution < 1.29 is 24.2 Å². The van der Waals surface area contributed by atoms with Gasteiger partial charge in [0.2, 0.25) is 0 Å². The van der Waals surface area contributed by atoms with E-state index >= 15 is 0 Å². The Hall–Kier alpha value is -4.52. The molecule has 0 amide bonds. The van der Waals surface area contributed by atoms with Gasteiger partial charge in [-0.05, 0) is 10.8 Å². The van der Waals surface area contributed by atoms with Gasteiger partial charge < -0.3 is 0 Å². The molecular formula is C47H34Cl2Zr. The quantitative estimate of drug-likeness (QED) is 0.122. The third-order valence-corrected chi connectivity index (χ3v) is 10.6. The first-order valence-electron chi connectivity index (χ1n) is 16.4. The Kier molecular flexibility index (Phi) is 11.3. The van der Waals surface area contributed by atoms with Crippen molar-refractivity contribution in [1.29, 1.82) is 0 Å². The molecule has 3 heteroatoms. The zero-order chi connectivity index (χ0) is 32.3. The summed E-state index contributed by atoms with van der Waals surface area (Å²) in [6, 6.07) is 59.1. The molecule has 0 N–H and O–H groups in total. The third-order valence-electron chi connectivity index (χ3n) is 9.17. The van der Waals surface area contributed by atoms with Gasteiger partial charge in [-0.1, -0.05) is 77.5 Å². The van der Waals surface area contributed by atoms with E-state index in [9.17, 15) is 0 Å². The molecule has 0 aromatic heterocycles. The first kappa shape index (κ1) is 35.3. The molecule has 0 spiro atoms. The Morgan fingerprint density at radius 3 is 1.52 bits per heavy atom. The van der Waals surface area contributed by atoms with Crippen LogP contribution in [-0.4, -0.2) is 3.21 Å². The molecule has 1 aliphatic rings. The van der Waals surface area contributed by atoms with E-state index in [0.717, 1.165) is 6.42 Å². The molecule has 10 rings (SSSR count). The van der Waals surface area contributed by atoms with Crippen LogP contribution in [0, 0.1) is 6.08 Å². The molecule has 0 saturated carbocycles. The molecule has 0 fully saturated rings. The normalized spacial score (nSPS) is 11.6. The van der Waals surface area contributed by atoms with Gasteiger partial charge in [-0.3, -0.25) is 6.08 Å². The van der Waals surface area contributed by atoms with Crippen molar-refractivity contribution in [2.75, 3.05) is 0 Å². The standard InChI is InChI=1S/C21H13.C21H14.C5H5.2ClH.Zr/c1-2-8-15-14(7-1)13-20-18-11-4-3-9-16(18)17-10-5-6-12-19(17)21(15)20;1-3-7-20-14-16(9-11-18(20)5-1)13-17-10-12-19-6-2-4-8-21(19)15-17;1-2-4-5-3-1;;;/h1-13H;1-12,14-15H;1-3H,4H2;2*1H;/q-1;;-1;;;+2. The summed E-state index contributed by atoms with van der Waals surface area (Å²) in [5, 5.41) is 16.0. The van der Waals surface area contributed by atoms with E-state index in [1.807, 2.05) is 12.2 Å². The monoisotopic (exact) mass is 758 g/mol. The number of hydrogen-bond donors (Lipinski definition) is 0. The molecule has 0 bridgehead atoms. The molecule has 9 aromatic carbocycles. The van der Waals surface area contributed by atoms with Crippen LogP contribution in [0.1, 0.15) is 17.5 Å². The Labute approximate surface area is 320 Å². The van der Waals surface area contributed by atoms with Gasteiger partial charge in [0.05, 0.1) is 0 Å². The molecule has 9 aromatic rings. The molecule has 0 aliphatic heterocycles. The van der Waals surface area contributed by atoms with Crippen LogP contribution in [0.4, 0.5) is 0 Å². The van der Waals surface area contributed by atoms with Crippen LogP contribution in [0.2, 0.25) is 0 Å². The first-order valence-corrected chi connectivity index (χ1v) is 17.6. The molecule has 0 nitrogen and oxygen atoms in total. The molecule has 0 saturated heterocycles. The number of fused-ring (bicyclic) bond motifs is 10. The van der Waals surface area contributed by atoms with Crippen LogP contribution in [0.5, 0.6) is 0 Å². The van der Waals surface area contributed by atoms with E-state index in [1.165, 1.54) is 103 Å². The summed E-state index contributed by atoms with van der Waals surface area (Å²) in [6.45, 7) is 0. The number of rotatable bonds is 2. The molecule has 240 valence electrons. The molecule has 0 heterocycles. The Bertz CT molecular complexity index is 2590. The van der Waals surface area contributed by atoms with Gasteiger partial charge in [-0.2, -0.15) is 6.08 Å². The SMILES string of the molecule is Cl.Cl.[C-]1=CC=CC1.[Zr+2]=[C](c1ccc2ccccc2c1)c1ccc2ccccc2c1.c1ccc2c(c1)[cH-]c1c3ccccc3c3ccccc3c21. The van der Waals surface area contributed by atoms with E-state index in [-0.39, 0.29) is 24.8 Å². The Morgan fingerprint density at radius 2 is 0.980 bits per heavy atom. The molecule has 0 atom stereocenters. The second-order valence-corrected chi connectivity index (χ2v) is 13.3. The minimum absolute atomic E-state index is 0. The van der Waals surface area contributed by atoms with Crippen molar-refractivity contribution >= 4 is 92.7 Å². The fraction of sp³-hybridized carbons (Fsp3) is 0.0213. The summed E-state index contributed by atoms with van der Waals surface area (Å²) in [7, 11) is 0. The van der Waals surface area contributed by atoms with Crippen LogP contribution in [0.25, 0.3) is 64.6 Å². The summed E-state index contributed by atoms with van der Waals surface area (Å²) in [5.41, 5.74) is 2.65. The predicted octanol–water partition coefficient (Wildman–Crippen LogP) is 13.3. The predicted molar refractivity (Wildman–Crippen MR) is 219 cm³/mol. The average Bonchev–Trinajstić information content (AvgIpc) is 3.88. The maximum absolute atomic E-state index is 2.99. The van der Waals surface area contributed by atoms with E-state index < -0.39 is 0 Å². The van der Waals surface area contributed by atoms with Gasteiger partial charge in [-0.15, -0.1) is 64.9 Å². The van der Waals surface area contributed by atoms with Crippen molar-refractivity contribution in [3.05, 3.63) is 199 Å². The molecule has 0 radical (unpaired) electrons. The number of hydrogen-bond acceptors (Lipinski definition) is 0. The smallest absolute Gasteiger partial charge is 0.0255 e. The van der Waals surface area contributed by atoms with Crippen LogP contribution in [-0.2, 0) is 24.2 Å². The number of halogens is 2. The fourth-order valence-corrected chi connectivity index (χ4v) is 7.58. The van der Waals surface area contributed by atoms with Crippen molar-refractivity contribution in [2.45, 2.75) is 6.42 Å². The summed E-state index contributed by atoms with van der Waals surface area (Å²) < 4.78 is 1.41. The molecule has 0 unspecified atom stereocenters. The van der Waals surface area contributed by atoms with Crippen molar-refractivity contribution in [3.8, 4) is 0 Å². The van der Waals surface area contributed by atoms with E-state index in [1.54, 1.807) is 0 Å². The van der Waals surface area contributed by atoms with E-state index in [0.29, 0.717) is 0 Å². The maximum Gasteiger partial charge on any atom is -0.0255 e. The van der Waals surface area contributed by atoms with Gasteiger partial charge in [0.25, 0.3) is 0 Å². The number of benzene rings is 8. The van der Waals surface area contributed by atoms with Gasteiger partial charge in [0.1, 0.15) is 0 Å². The second-order valence-electron chi connectivity index (χ2n) is 12.1. The molecule has 50 heavy (non-hydrogen) atoms. The fourth-order valence-electron chi connectivity index (χ4n) is 6.81. The van der Waals surface area contributed by atoms with Gasteiger partial charge >= 0.3 is 145 Å².